The van der Waals surface area contributed by atoms with Gasteiger partial charge in [-0.1, -0.05) is 24.3 Å². The number of nitrogen functional groups attached to an aromatic ring is 1. The predicted molar refractivity (Wildman–Crippen MR) is 66.1 cm³/mol. The second-order valence-corrected chi connectivity index (χ2v) is 3.66. The first-order valence-electron chi connectivity index (χ1n) is 5.27. The number of anilines is 2. The fourth-order valence-corrected chi connectivity index (χ4v) is 1.51. The van der Waals surface area contributed by atoms with E-state index in [9.17, 15) is 0 Å². The molecule has 0 aliphatic carbocycles. The largest absolute Gasteiger partial charge is 0.394 e. The molecule has 17 heavy (non-hydrogen) atoms. The van der Waals surface area contributed by atoms with Crippen LogP contribution in [0.15, 0.2) is 36.8 Å². The number of nitrogens with two attached hydrogens (primary N) is 1. The first kappa shape index (κ1) is 11.3. The first-order valence-corrected chi connectivity index (χ1v) is 5.27. The van der Waals surface area contributed by atoms with Gasteiger partial charge in [0.25, 0.3) is 0 Å². The van der Waals surface area contributed by atoms with Crippen LogP contribution in [0.1, 0.15) is 11.1 Å². The summed E-state index contributed by atoms with van der Waals surface area (Å²) < 4.78 is 0. The van der Waals surface area contributed by atoms with Crippen molar-refractivity contribution in [3.8, 4) is 0 Å². The van der Waals surface area contributed by atoms with Crippen LogP contribution in [0.4, 0.5) is 11.5 Å². The molecule has 1 heterocycles. The van der Waals surface area contributed by atoms with E-state index in [0.717, 1.165) is 11.1 Å². The van der Waals surface area contributed by atoms with E-state index < -0.39 is 0 Å². The average Bonchev–Trinajstić information content (AvgIpc) is 2.38. The molecule has 0 aliphatic heterocycles. The molecule has 88 valence electrons. The SMILES string of the molecule is Nc1cncnc1NCc1cccc(CO)c1. The van der Waals surface area contributed by atoms with Crippen molar-refractivity contribution < 1.29 is 5.11 Å². The molecule has 0 aliphatic rings. The highest BCUT2D eigenvalue weighted by Crippen LogP contribution is 2.13. The van der Waals surface area contributed by atoms with E-state index in [1.54, 1.807) is 6.20 Å². The first-order chi connectivity index (χ1) is 8.29. The van der Waals surface area contributed by atoms with Gasteiger partial charge in [-0.15, -0.1) is 0 Å². The topological polar surface area (TPSA) is 84.1 Å². The number of rotatable bonds is 4. The third-order valence-corrected chi connectivity index (χ3v) is 2.37. The monoisotopic (exact) mass is 230 g/mol. The zero-order valence-corrected chi connectivity index (χ0v) is 9.30. The second-order valence-electron chi connectivity index (χ2n) is 3.66. The van der Waals surface area contributed by atoms with Crippen LogP contribution in [0, 0.1) is 0 Å². The summed E-state index contributed by atoms with van der Waals surface area (Å²) in [6.07, 6.45) is 3.00. The Hall–Kier alpha value is -2.14. The molecule has 1 aromatic heterocycles. The molecular formula is C12H14N4O. The van der Waals surface area contributed by atoms with Crippen molar-refractivity contribution in [2.75, 3.05) is 11.1 Å². The minimum Gasteiger partial charge on any atom is -0.394 e. The number of benzene rings is 1. The Morgan fingerprint density at radius 1 is 1.29 bits per heavy atom. The number of nitrogens with zero attached hydrogens (tertiary/aromatic N) is 2. The molecular weight excluding hydrogens is 216 g/mol. The summed E-state index contributed by atoms with van der Waals surface area (Å²) in [6, 6.07) is 7.70. The molecule has 5 nitrogen and oxygen atoms in total. The standard InChI is InChI=1S/C12H14N4O/c13-11-6-14-8-16-12(11)15-5-9-2-1-3-10(4-9)7-17/h1-4,6,8,17H,5,7,13H2,(H,14,15,16). The molecule has 0 fully saturated rings. The van der Waals surface area contributed by atoms with Crippen molar-refractivity contribution >= 4 is 11.5 Å². The molecule has 0 radical (unpaired) electrons. The number of hydrogen-bond acceptors (Lipinski definition) is 5. The van der Waals surface area contributed by atoms with Crippen molar-refractivity contribution in [1.29, 1.82) is 0 Å². The maximum absolute atomic E-state index is 9.03. The predicted octanol–water partition coefficient (Wildman–Crippen LogP) is 1.16. The summed E-state index contributed by atoms with van der Waals surface area (Å²) in [5, 5.41) is 12.2. The van der Waals surface area contributed by atoms with Crippen LogP contribution in [0.25, 0.3) is 0 Å². The minimum atomic E-state index is 0.0451. The lowest BCUT2D eigenvalue weighted by Crippen LogP contribution is -2.05. The molecule has 2 aromatic rings. The van der Waals surface area contributed by atoms with E-state index in [-0.39, 0.29) is 6.61 Å². The molecule has 0 atom stereocenters. The van der Waals surface area contributed by atoms with E-state index in [4.69, 9.17) is 10.8 Å². The summed E-state index contributed by atoms with van der Waals surface area (Å²) >= 11 is 0. The van der Waals surface area contributed by atoms with Crippen LogP contribution >= 0.6 is 0 Å². The van der Waals surface area contributed by atoms with Gasteiger partial charge in [0, 0.05) is 6.54 Å². The molecule has 0 saturated heterocycles. The zero-order chi connectivity index (χ0) is 12.1. The van der Waals surface area contributed by atoms with Crippen molar-refractivity contribution in [2.24, 2.45) is 0 Å². The van der Waals surface area contributed by atoms with Gasteiger partial charge in [0.2, 0.25) is 0 Å². The van der Waals surface area contributed by atoms with Gasteiger partial charge in [-0.25, -0.2) is 9.97 Å². The van der Waals surface area contributed by atoms with E-state index in [0.29, 0.717) is 18.1 Å². The fourth-order valence-electron chi connectivity index (χ4n) is 1.51. The number of nitrogens with one attached hydrogen (secondary N) is 1. The zero-order valence-electron chi connectivity index (χ0n) is 9.30. The van der Waals surface area contributed by atoms with Crippen LogP contribution in [0.2, 0.25) is 0 Å². The summed E-state index contributed by atoms with van der Waals surface area (Å²) in [7, 11) is 0. The van der Waals surface area contributed by atoms with Gasteiger partial charge in [0.05, 0.1) is 18.5 Å². The smallest absolute Gasteiger partial charge is 0.152 e. The lowest BCUT2D eigenvalue weighted by atomic mass is 10.1. The third-order valence-electron chi connectivity index (χ3n) is 2.37. The normalized spacial score (nSPS) is 10.2. The van der Waals surface area contributed by atoms with Crippen LogP contribution < -0.4 is 11.1 Å². The Bertz CT molecular complexity index is 501. The Morgan fingerprint density at radius 3 is 2.88 bits per heavy atom. The number of aromatic nitrogens is 2. The number of aliphatic hydroxyl groups is 1. The summed E-state index contributed by atoms with van der Waals surface area (Å²) in [5.74, 6) is 0.620. The van der Waals surface area contributed by atoms with Gasteiger partial charge in [0.15, 0.2) is 5.82 Å². The minimum absolute atomic E-state index is 0.0451. The van der Waals surface area contributed by atoms with Crippen molar-refractivity contribution in [3.05, 3.63) is 47.9 Å². The van der Waals surface area contributed by atoms with Crippen LogP contribution in [-0.2, 0) is 13.2 Å². The molecule has 1 aromatic carbocycles. The fraction of sp³-hybridized carbons (Fsp3) is 0.167. The summed E-state index contributed by atoms with van der Waals surface area (Å²) in [5.41, 5.74) is 8.19. The second kappa shape index (κ2) is 5.27. The highest BCUT2D eigenvalue weighted by atomic mass is 16.3. The lowest BCUT2D eigenvalue weighted by Gasteiger charge is -2.08. The Balaban J connectivity index is 2.05. The van der Waals surface area contributed by atoms with E-state index in [1.807, 2.05) is 24.3 Å². The van der Waals surface area contributed by atoms with Crippen molar-refractivity contribution in [2.45, 2.75) is 13.2 Å². The van der Waals surface area contributed by atoms with Gasteiger partial charge >= 0.3 is 0 Å². The lowest BCUT2D eigenvalue weighted by molar-refractivity contribution is 0.281. The number of hydrogen-bond donors (Lipinski definition) is 3. The van der Waals surface area contributed by atoms with Crippen molar-refractivity contribution in [1.82, 2.24) is 9.97 Å². The molecule has 0 amide bonds. The van der Waals surface area contributed by atoms with E-state index in [1.165, 1.54) is 6.33 Å². The van der Waals surface area contributed by atoms with E-state index in [2.05, 4.69) is 15.3 Å². The van der Waals surface area contributed by atoms with Gasteiger partial charge in [0.1, 0.15) is 6.33 Å². The molecule has 4 N–H and O–H groups in total. The molecule has 0 unspecified atom stereocenters. The Labute approximate surface area is 99.3 Å². The van der Waals surface area contributed by atoms with Gasteiger partial charge in [-0.05, 0) is 11.1 Å². The maximum Gasteiger partial charge on any atom is 0.152 e. The van der Waals surface area contributed by atoms with Gasteiger partial charge in [-0.3, -0.25) is 0 Å². The van der Waals surface area contributed by atoms with E-state index >= 15 is 0 Å². The third kappa shape index (κ3) is 2.92. The number of aliphatic hydroxyl groups excluding tert-OH is 1. The molecule has 0 bridgehead atoms. The van der Waals surface area contributed by atoms with Crippen molar-refractivity contribution in [3.63, 3.8) is 0 Å². The highest BCUT2D eigenvalue weighted by Gasteiger charge is 2.00. The Kier molecular flexibility index (Phi) is 3.52. The quantitative estimate of drug-likeness (QED) is 0.734. The molecule has 2 rings (SSSR count). The van der Waals surface area contributed by atoms with Crippen LogP contribution in [0.3, 0.4) is 0 Å². The molecule has 0 spiro atoms. The van der Waals surface area contributed by atoms with Gasteiger partial charge < -0.3 is 16.2 Å². The van der Waals surface area contributed by atoms with Crippen LogP contribution in [0.5, 0.6) is 0 Å². The summed E-state index contributed by atoms with van der Waals surface area (Å²) in [4.78, 5) is 7.86. The summed E-state index contributed by atoms with van der Waals surface area (Å²) in [6.45, 7) is 0.651. The molecule has 0 saturated carbocycles. The average molecular weight is 230 g/mol. The highest BCUT2D eigenvalue weighted by molar-refractivity contribution is 5.59. The van der Waals surface area contributed by atoms with Gasteiger partial charge in [-0.2, -0.15) is 0 Å². The molecule has 5 heteroatoms. The maximum atomic E-state index is 9.03. The van der Waals surface area contributed by atoms with Crippen LogP contribution in [-0.4, -0.2) is 15.1 Å². The Morgan fingerprint density at radius 2 is 2.12 bits per heavy atom.